The van der Waals surface area contributed by atoms with Crippen molar-refractivity contribution >= 4 is 5.97 Å². The molecule has 18 heavy (non-hydrogen) atoms. The van der Waals surface area contributed by atoms with Gasteiger partial charge in [0.1, 0.15) is 6.04 Å². The molecule has 2 fully saturated rings. The fourth-order valence-corrected chi connectivity index (χ4v) is 3.15. The van der Waals surface area contributed by atoms with Crippen LogP contribution in [0.1, 0.15) is 25.5 Å². The zero-order valence-corrected chi connectivity index (χ0v) is 10.3. The lowest BCUT2D eigenvalue weighted by Gasteiger charge is -2.30. The zero-order valence-electron chi connectivity index (χ0n) is 10.3. The van der Waals surface area contributed by atoms with E-state index in [4.69, 9.17) is 4.74 Å². The van der Waals surface area contributed by atoms with Crippen LogP contribution in [0.25, 0.3) is 0 Å². The van der Waals surface area contributed by atoms with E-state index in [2.05, 4.69) is 21.6 Å². The summed E-state index contributed by atoms with van der Waals surface area (Å²) in [6, 6.07) is 1.61. The molecule has 3 rings (SSSR count). The summed E-state index contributed by atoms with van der Waals surface area (Å²) in [6.07, 6.45) is 6.38. The Bertz CT molecular complexity index is 451. The van der Waals surface area contributed by atoms with Crippen molar-refractivity contribution in [2.24, 2.45) is 5.92 Å². The summed E-state index contributed by atoms with van der Waals surface area (Å²) in [4.78, 5) is 20.1. The molecule has 5 heteroatoms. The maximum atomic E-state index is 12.1. The lowest BCUT2D eigenvalue weighted by molar-refractivity contribution is -0.147. The summed E-state index contributed by atoms with van der Waals surface area (Å²) in [7, 11) is 0. The first-order chi connectivity index (χ1) is 8.79. The van der Waals surface area contributed by atoms with Crippen LogP contribution in [0.4, 0.5) is 0 Å². The van der Waals surface area contributed by atoms with Crippen molar-refractivity contribution in [1.29, 1.82) is 0 Å². The fourth-order valence-electron chi connectivity index (χ4n) is 3.15. The largest absolute Gasteiger partial charge is 0.465 e. The third-order valence-electron chi connectivity index (χ3n) is 4.04. The van der Waals surface area contributed by atoms with E-state index < -0.39 is 0 Å². The molecule has 1 aliphatic heterocycles. The van der Waals surface area contributed by atoms with Gasteiger partial charge in [0.25, 0.3) is 0 Å². The van der Waals surface area contributed by atoms with Crippen LogP contribution in [0.3, 0.4) is 0 Å². The van der Waals surface area contributed by atoms with Gasteiger partial charge in [-0.1, -0.05) is 0 Å². The molecule has 1 N–H and O–H groups in total. The third kappa shape index (κ3) is 1.61. The number of carbonyl (C=O) groups is 1. The Morgan fingerprint density at radius 3 is 3.33 bits per heavy atom. The normalized spacial score (nSPS) is 33.6. The number of fused-ring (bicyclic) bond motifs is 1. The Morgan fingerprint density at radius 1 is 1.72 bits per heavy atom. The maximum Gasteiger partial charge on any atom is 0.324 e. The number of nitrogens with zero attached hydrogens (tertiary/aromatic N) is 2. The SMILES string of the molecule is CCOC(=O)C1NCCC2CC21c1ccn[c]n1. The van der Waals surface area contributed by atoms with Gasteiger partial charge in [-0.3, -0.25) is 4.79 Å². The predicted molar refractivity (Wildman–Crippen MR) is 63.7 cm³/mol. The molecule has 1 radical (unpaired) electrons. The van der Waals surface area contributed by atoms with Crippen LogP contribution < -0.4 is 5.32 Å². The first-order valence-corrected chi connectivity index (χ1v) is 6.38. The molecule has 5 nitrogen and oxygen atoms in total. The molecule has 3 unspecified atom stereocenters. The number of esters is 1. The molecule has 2 heterocycles. The topological polar surface area (TPSA) is 64.1 Å². The van der Waals surface area contributed by atoms with E-state index in [1.165, 1.54) is 0 Å². The molecular weight excluding hydrogens is 230 g/mol. The Balaban J connectivity index is 1.91. The highest BCUT2D eigenvalue weighted by atomic mass is 16.5. The third-order valence-corrected chi connectivity index (χ3v) is 4.04. The summed E-state index contributed by atoms with van der Waals surface area (Å²) in [5, 5.41) is 3.29. The Labute approximate surface area is 106 Å². The Kier molecular flexibility index (Phi) is 2.78. The lowest BCUT2D eigenvalue weighted by atomic mass is 9.86. The van der Waals surface area contributed by atoms with E-state index in [9.17, 15) is 4.79 Å². The molecule has 0 spiro atoms. The molecule has 0 aromatic carbocycles. The molecule has 1 aromatic heterocycles. The van der Waals surface area contributed by atoms with Gasteiger partial charge in [0.15, 0.2) is 6.33 Å². The van der Waals surface area contributed by atoms with Crippen LogP contribution in [0.5, 0.6) is 0 Å². The van der Waals surface area contributed by atoms with Gasteiger partial charge < -0.3 is 10.1 Å². The monoisotopic (exact) mass is 246 g/mol. The number of aromatic nitrogens is 2. The van der Waals surface area contributed by atoms with E-state index in [1.54, 1.807) is 6.20 Å². The second-order valence-corrected chi connectivity index (χ2v) is 4.91. The Morgan fingerprint density at radius 2 is 2.61 bits per heavy atom. The Hall–Kier alpha value is -1.49. The second-order valence-electron chi connectivity index (χ2n) is 4.91. The van der Waals surface area contributed by atoms with Gasteiger partial charge in [0, 0.05) is 11.6 Å². The molecule has 95 valence electrons. The van der Waals surface area contributed by atoms with Crippen molar-refractivity contribution < 1.29 is 9.53 Å². The van der Waals surface area contributed by atoms with E-state index in [-0.39, 0.29) is 17.4 Å². The minimum atomic E-state index is -0.278. The fraction of sp³-hybridized carbons (Fsp3) is 0.615. The van der Waals surface area contributed by atoms with Gasteiger partial charge in [-0.2, -0.15) is 0 Å². The minimum absolute atomic E-state index is 0.168. The molecule has 1 aromatic rings. The summed E-state index contributed by atoms with van der Waals surface area (Å²) < 4.78 is 5.17. The molecule has 3 atom stereocenters. The van der Waals surface area contributed by atoms with Gasteiger partial charge in [-0.05, 0) is 38.3 Å². The summed E-state index contributed by atoms with van der Waals surface area (Å²) in [5.41, 5.74) is 0.719. The van der Waals surface area contributed by atoms with Crippen LogP contribution in [0.15, 0.2) is 12.3 Å². The predicted octanol–water partition coefficient (Wildman–Crippen LogP) is 0.459. The van der Waals surface area contributed by atoms with Gasteiger partial charge >= 0.3 is 5.97 Å². The van der Waals surface area contributed by atoms with Gasteiger partial charge in [-0.25, -0.2) is 9.97 Å². The molecule has 0 amide bonds. The highest BCUT2D eigenvalue weighted by Gasteiger charge is 2.65. The van der Waals surface area contributed by atoms with Crippen molar-refractivity contribution in [3.8, 4) is 0 Å². The van der Waals surface area contributed by atoms with E-state index in [1.807, 2.05) is 13.0 Å². The summed E-state index contributed by atoms with van der Waals surface area (Å²) in [5.74, 6) is 0.356. The van der Waals surface area contributed by atoms with Crippen molar-refractivity contribution in [1.82, 2.24) is 15.3 Å². The standard InChI is InChI=1S/C13H16N3O2/c1-2-18-12(17)11-13(7-9(13)3-6-15-11)10-4-5-14-8-16-10/h4-5,9,11,15H,2-3,6-7H2,1H3. The van der Waals surface area contributed by atoms with Crippen molar-refractivity contribution in [3.05, 3.63) is 24.3 Å². The molecular formula is C13H16N3O2. The average molecular weight is 246 g/mol. The first kappa shape index (κ1) is 11.6. The number of hydrogen-bond acceptors (Lipinski definition) is 5. The number of ether oxygens (including phenoxy) is 1. The van der Waals surface area contributed by atoms with E-state index in [0.717, 1.165) is 25.1 Å². The van der Waals surface area contributed by atoms with Crippen LogP contribution in [0, 0.1) is 12.2 Å². The van der Waals surface area contributed by atoms with Gasteiger partial charge in [0.2, 0.25) is 0 Å². The summed E-state index contributed by atoms with van der Waals surface area (Å²) >= 11 is 0. The van der Waals surface area contributed by atoms with Crippen LogP contribution in [-0.2, 0) is 14.9 Å². The highest BCUT2D eigenvalue weighted by Crippen LogP contribution is 2.59. The molecule has 0 bridgehead atoms. The highest BCUT2D eigenvalue weighted by molar-refractivity contribution is 5.79. The first-order valence-electron chi connectivity index (χ1n) is 6.38. The van der Waals surface area contributed by atoms with E-state index >= 15 is 0 Å². The number of piperidine rings is 1. The lowest BCUT2D eigenvalue weighted by Crippen LogP contribution is -2.51. The molecule has 1 saturated carbocycles. The van der Waals surface area contributed by atoms with Crippen molar-refractivity contribution in [3.63, 3.8) is 0 Å². The molecule has 2 aliphatic rings. The number of nitrogens with one attached hydrogen (secondary N) is 1. The van der Waals surface area contributed by atoms with E-state index in [0.29, 0.717) is 12.5 Å². The van der Waals surface area contributed by atoms with Gasteiger partial charge in [-0.15, -0.1) is 0 Å². The van der Waals surface area contributed by atoms with Crippen molar-refractivity contribution in [2.75, 3.05) is 13.2 Å². The van der Waals surface area contributed by atoms with Crippen molar-refractivity contribution in [2.45, 2.75) is 31.2 Å². The van der Waals surface area contributed by atoms with Crippen LogP contribution >= 0.6 is 0 Å². The zero-order chi connectivity index (χ0) is 12.6. The van der Waals surface area contributed by atoms with Gasteiger partial charge in [0.05, 0.1) is 12.3 Å². The number of carbonyl (C=O) groups excluding carboxylic acids is 1. The smallest absolute Gasteiger partial charge is 0.324 e. The maximum absolute atomic E-state index is 12.1. The molecule has 1 aliphatic carbocycles. The quantitative estimate of drug-likeness (QED) is 0.785. The molecule has 1 saturated heterocycles. The number of hydrogen-bond donors (Lipinski definition) is 1. The summed E-state index contributed by atoms with van der Waals surface area (Å²) in [6.45, 7) is 3.11. The number of rotatable bonds is 3. The second kappa shape index (κ2) is 4.31. The van der Waals surface area contributed by atoms with Crippen LogP contribution in [0.2, 0.25) is 0 Å². The van der Waals surface area contributed by atoms with Crippen LogP contribution in [-0.4, -0.2) is 35.1 Å². The minimum Gasteiger partial charge on any atom is -0.465 e. The average Bonchev–Trinajstić information content (AvgIpc) is 3.15.